The fourth-order valence-electron chi connectivity index (χ4n) is 3.89. The molecule has 1 atom stereocenters. The van der Waals surface area contributed by atoms with Gasteiger partial charge in [0.05, 0.1) is 15.8 Å². The van der Waals surface area contributed by atoms with Crippen molar-refractivity contribution in [2.24, 2.45) is 4.40 Å². The fourth-order valence-corrected chi connectivity index (χ4v) is 5.33. The summed E-state index contributed by atoms with van der Waals surface area (Å²) in [5.41, 5.74) is 3.24. The van der Waals surface area contributed by atoms with Gasteiger partial charge < -0.3 is 0 Å². The van der Waals surface area contributed by atoms with Crippen LogP contribution in [0.5, 0.6) is 0 Å². The van der Waals surface area contributed by atoms with Gasteiger partial charge in [-0.3, -0.25) is 0 Å². The zero-order chi connectivity index (χ0) is 20.1. The first-order valence-electron chi connectivity index (χ1n) is 8.81. The molecular formula is C20H15Cl2F4NS. The lowest BCUT2D eigenvalue weighted by Gasteiger charge is -2.30. The minimum Gasteiger partial charge on any atom is -0.219 e. The molecule has 1 heterocycles. The van der Waals surface area contributed by atoms with Gasteiger partial charge in [-0.15, -0.1) is 0 Å². The normalized spacial score (nSPS) is 22.1. The van der Waals surface area contributed by atoms with E-state index in [9.17, 15) is 17.6 Å². The second kappa shape index (κ2) is 7.22. The van der Waals surface area contributed by atoms with Crippen molar-refractivity contribution in [1.82, 2.24) is 0 Å². The molecule has 2 aromatic carbocycles. The molecule has 8 heteroatoms. The van der Waals surface area contributed by atoms with Gasteiger partial charge in [-0.25, -0.2) is 8.79 Å². The first-order valence-corrected chi connectivity index (χ1v) is 10.3. The Balaban J connectivity index is 1.78. The maximum Gasteiger partial charge on any atom is 0.409 e. The summed E-state index contributed by atoms with van der Waals surface area (Å²) in [6.07, 6.45) is -1.12. The van der Waals surface area contributed by atoms with Crippen LogP contribution in [-0.2, 0) is 17.6 Å². The second-order valence-corrected chi connectivity index (χ2v) is 8.91. The van der Waals surface area contributed by atoms with Crippen molar-refractivity contribution in [2.45, 2.75) is 43.0 Å². The lowest BCUT2D eigenvalue weighted by Crippen LogP contribution is -2.39. The summed E-state index contributed by atoms with van der Waals surface area (Å²) in [6, 6.07) is 7.73. The van der Waals surface area contributed by atoms with E-state index in [1.165, 1.54) is 5.56 Å². The summed E-state index contributed by atoms with van der Waals surface area (Å²) in [7, 11) is 0. The Morgan fingerprint density at radius 3 is 2.39 bits per heavy atom. The predicted octanol–water partition coefficient (Wildman–Crippen LogP) is 7.31. The van der Waals surface area contributed by atoms with Gasteiger partial charge in [-0.2, -0.15) is 13.2 Å². The minimum atomic E-state index is -4.62. The van der Waals surface area contributed by atoms with Crippen molar-refractivity contribution in [3.05, 3.63) is 68.4 Å². The van der Waals surface area contributed by atoms with Crippen molar-refractivity contribution in [2.75, 3.05) is 0 Å². The molecule has 148 valence electrons. The summed E-state index contributed by atoms with van der Waals surface area (Å²) < 4.78 is 58.3. The third-order valence-corrected chi connectivity index (χ3v) is 7.13. The molecule has 0 spiro atoms. The van der Waals surface area contributed by atoms with Crippen LogP contribution >= 0.6 is 35.1 Å². The molecule has 0 saturated heterocycles. The van der Waals surface area contributed by atoms with Crippen molar-refractivity contribution >= 4 is 40.9 Å². The highest BCUT2D eigenvalue weighted by molar-refractivity contribution is 7.99. The van der Waals surface area contributed by atoms with Gasteiger partial charge in [0, 0.05) is 12.0 Å². The first-order chi connectivity index (χ1) is 13.2. The van der Waals surface area contributed by atoms with E-state index in [1.807, 2.05) is 18.2 Å². The number of nitrogens with zero attached hydrogens (tertiary/aromatic N) is 1. The molecule has 1 nitrogen and oxygen atoms in total. The van der Waals surface area contributed by atoms with Crippen LogP contribution in [0, 0.1) is 5.82 Å². The summed E-state index contributed by atoms with van der Waals surface area (Å²) in [6.45, 7) is 0. The van der Waals surface area contributed by atoms with E-state index in [0.717, 1.165) is 48.9 Å². The van der Waals surface area contributed by atoms with Gasteiger partial charge >= 0.3 is 6.18 Å². The van der Waals surface area contributed by atoms with Crippen LogP contribution in [0.1, 0.15) is 41.5 Å². The largest absolute Gasteiger partial charge is 0.409 e. The van der Waals surface area contributed by atoms with Crippen LogP contribution in [0.2, 0.25) is 10.0 Å². The average Bonchev–Trinajstić information content (AvgIpc) is 3.12. The van der Waals surface area contributed by atoms with Crippen molar-refractivity contribution in [3.63, 3.8) is 0 Å². The number of fused-ring (bicyclic) bond motifs is 1. The molecule has 4 rings (SSSR count). The van der Waals surface area contributed by atoms with Gasteiger partial charge in [0.2, 0.25) is 0 Å². The SMILES string of the molecule is Fc1c(Cl)cc(C2(C(F)(F)F)CC(c3cccc4c3CCCC4)=NS2)cc1Cl. The van der Waals surface area contributed by atoms with E-state index in [-0.39, 0.29) is 12.0 Å². The number of rotatable bonds is 2. The van der Waals surface area contributed by atoms with Crippen LogP contribution in [-0.4, -0.2) is 11.9 Å². The van der Waals surface area contributed by atoms with E-state index < -0.39 is 26.8 Å². The van der Waals surface area contributed by atoms with Crippen molar-refractivity contribution in [1.29, 1.82) is 0 Å². The number of aryl methyl sites for hydroxylation is 1. The molecule has 1 aliphatic heterocycles. The Kier molecular flexibility index (Phi) is 5.17. The highest BCUT2D eigenvalue weighted by Gasteiger charge is 2.60. The van der Waals surface area contributed by atoms with Gasteiger partial charge in [0.15, 0.2) is 10.6 Å². The number of benzene rings is 2. The van der Waals surface area contributed by atoms with Gasteiger partial charge in [-0.1, -0.05) is 41.4 Å². The van der Waals surface area contributed by atoms with Crippen LogP contribution in [0.25, 0.3) is 0 Å². The molecular weight excluding hydrogens is 433 g/mol. The molecule has 0 saturated carbocycles. The van der Waals surface area contributed by atoms with E-state index in [2.05, 4.69) is 4.40 Å². The summed E-state index contributed by atoms with van der Waals surface area (Å²) >= 11 is 12.0. The summed E-state index contributed by atoms with van der Waals surface area (Å²) in [5.74, 6) is -0.925. The molecule has 0 radical (unpaired) electrons. The number of alkyl halides is 3. The average molecular weight is 448 g/mol. The molecule has 2 aliphatic rings. The minimum absolute atomic E-state index is 0.190. The molecule has 28 heavy (non-hydrogen) atoms. The topological polar surface area (TPSA) is 12.4 Å². The number of hydrogen-bond acceptors (Lipinski definition) is 2. The predicted molar refractivity (Wildman–Crippen MR) is 106 cm³/mol. The summed E-state index contributed by atoms with van der Waals surface area (Å²) in [5, 5.41) is -0.866. The molecule has 0 N–H and O–H groups in total. The third kappa shape index (κ3) is 3.23. The zero-order valence-electron chi connectivity index (χ0n) is 14.5. The van der Waals surface area contributed by atoms with Crippen molar-refractivity contribution in [3.8, 4) is 0 Å². The van der Waals surface area contributed by atoms with Gasteiger partial charge in [-0.05, 0) is 66.5 Å². The quantitative estimate of drug-likeness (QED) is 0.267. The molecule has 1 unspecified atom stereocenters. The number of hydrogen-bond donors (Lipinski definition) is 0. The molecule has 0 amide bonds. The molecule has 0 fully saturated rings. The molecule has 0 bridgehead atoms. The zero-order valence-corrected chi connectivity index (χ0v) is 16.9. The Labute approximate surface area is 174 Å². The Hall–Kier alpha value is -1.24. The van der Waals surface area contributed by atoms with Crippen molar-refractivity contribution < 1.29 is 17.6 Å². The Morgan fingerprint density at radius 1 is 1.04 bits per heavy atom. The van der Waals surface area contributed by atoms with Crippen LogP contribution < -0.4 is 0 Å². The smallest absolute Gasteiger partial charge is 0.219 e. The Morgan fingerprint density at radius 2 is 1.71 bits per heavy atom. The first kappa shape index (κ1) is 20.0. The highest BCUT2D eigenvalue weighted by Crippen LogP contribution is 2.57. The lowest BCUT2D eigenvalue weighted by molar-refractivity contribution is -0.159. The highest BCUT2D eigenvalue weighted by atomic mass is 35.5. The third-order valence-electron chi connectivity index (χ3n) is 5.34. The number of halogens is 6. The molecule has 1 aliphatic carbocycles. The van der Waals surface area contributed by atoms with E-state index in [4.69, 9.17) is 23.2 Å². The lowest BCUT2D eigenvalue weighted by atomic mass is 9.83. The van der Waals surface area contributed by atoms with Gasteiger partial charge in [0.25, 0.3) is 0 Å². The maximum atomic E-state index is 14.2. The Bertz CT molecular complexity index is 950. The molecule has 0 aromatic heterocycles. The van der Waals surface area contributed by atoms with E-state index >= 15 is 0 Å². The van der Waals surface area contributed by atoms with Crippen LogP contribution in [0.15, 0.2) is 34.7 Å². The molecule has 2 aromatic rings. The van der Waals surface area contributed by atoms with Gasteiger partial charge in [0.1, 0.15) is 0 Å². The summed E-state index contributed by atoms with van der Waals surface area (Å²) in [4.78, 5) is 0. The monoisotopic (exact) mass is 447 g/mol. The fraction of sp³-hybridized carbons (Fsp3) is 0.350. The van der Waals surface area contributed by atoms with E-state index in [0.29, 0.717) is 17.7 Å². The second-order valence-electron chi connectivity index (χ2n) is 7.04. The van der Waals surface area contributed by atoms with E-state index in [1.54, 1.807) is 0 Å². The standard InChI is InChI=1S/C20H15Cl2F4NS/c21-15-8-12(9-16(22)18(15)23)19(20(24,25)26)10-17(27-28-19)14-7-3-5-11-4-1-2-6-13(11)14/h3,5,7-9H,1-2,4,6,10H2. The van der Waals surface area contributed by atoms with Crippen LogP contribution in [0.4, 0.5) is 17.6 Å². The maximum absolute atomic E-state index is 14.2. The van der Waals surface area contributed by atoms with Crippen LogP contribution in [0.3, 0.4) is 0 Å².